The van der Waals surface area contributed by atoms with Crippen LogP contribution in [0.1, 0.15) is 33.6 Å². The Hall–Kier alpha value is -3.02. The first-order valence-electron chi connectivity index (χ1n) is 8.60. The number of methoxy groups -OCH3 is 1. The van der Waals surface area contributed by atoms with E-state index in [2.05, 4.69) is 5.32 Å². The summed E-state index contributed by atoms with van der Waals surface area (Å²) in [5.74, 6) is 0.298. The van der Waals surface area contributed by atoms with Gasteiger partial charge in [-0.1, -0.05) is 18.2 Å². The Morgan fingerprint density at radius 1 is 1.12 bits per heavy atom. The Balaban J connectivity index is 1.56. The average Bonchev–Trinajstić information content (AvgIpc) is 2.68. The van der Waals surface area contributed by atoms with E-state index < -0.39 is 0 Å². The summed E-state index contributed by atoms with van der Waals surface area (Å²) in [7, 11) is 1.57. The number of hydrogen-bond acceptors (Lipinski definition) is 4. The lowest BCUT2D eigenvalue weighted by molar-refractivity contribution is 0.0697. The Morgan fingerprint density at radius 3 is 2.54 bits per heavy atom. The molecular formula is C20H22N2O4. The topological polar surface area (TPSA) is 78.9 Å². The minimum atomic E-state index is -0.291. The van der Waals surface area contributed by atoms with E-state index >= 15 is 0 Å². The van der Waals surface area contributed by atoms with Crippen LogP contribution in [-0.2, 0) is 0 Å². The highest BCUT2D eigenvalue weighted by molar-refractivity contribution is 5.97. The molecule has 0 saturated carbocycles. The van der Waals surface area contributed by atoms with E-state index in [0.717, 1.165) is 0 Å². The van der Waals surface area contributed by atoms with Gasteiger partial charge in [-0.25, -0.2) is 0 Å². The van der Waals surface area contributed by atoms with Gasteiger partial charge in [0.25, 0.3) is 11.8 Å². The summed E-state index contributed by atoms with van der Waals surface area (Å²) < 4.78 is 5.17. The Labute approximate surface area is 152 Å². The quantitative estimate of drug-likeness (QED) is 0.884. The van der Waals surface area contributed by atoms with Crippen LogP contribution in [0.4, 0.5) is 0 Å². The number of rotatable bonds is 4. The van der Waals surface area contributed by atoms with Gasteiger partial charge in [0.15, 0.2) is 0 Å². The lowest BCUT2D eigenvalue weighted by atomic mass is 10.0. The standard InChI is InChI=1S/C20H22N2O4/c1-26-16-6-4-5-14(13-16)20(25)22-11-9-15(10-12-22)21-19(24)17-7-2-3-8-18(17)23/h2-8,13,15,23H,9-12H2,1H3,(H,21,24). The van der Waals surface area contributed by atoms with Crippen molar-refractivity contribution in [3.05, 3.63) is 59.7 Å². The molecule has 0 atom stereocenters. The van der Waals surface area contributed by atoms with Crippen LogP contribution in [0.3, 0.4) is 0 Å². The van der Waals surface area contributed by atoms with Gasteiger partial charge < -0.3 is 20.1 Å². The Bertz CT molecular complexity index is 798. The number of likely N-dealkylation sites (tertiary alicyclic amines) is 1. The van der Waals surface area contributed by atoms with Gasteiger partial charge in [0.1, 0.15) is 11.5 Å². The fourth-order valence-corrected chi connectivity index (χ4v) is 3.09. The molecule has 26 heavy (non-hydrogen) atoms. The highest BCUT2D eigenvalue weighted by atomic mass is 16.5. The summed E-state index contributed by atoms with van der Waals surface area (Å²) in [6.07, 6.45) is 1.35. The van der Waals surface area contributed by atoms with Gasteiger partial charge in [-0.3, -0.25) is 9.59 Å². The smallest absolute Gasteiger partial charge is 0.255 e. The third kappa shape index (κ3) is 3.96. The summed E-state index contributed by atoms with van der Waals surface area (Å²) in [4.78, 5) is 26.7. The van der Waals surface area contributed by atoms with Crippen molar-refractivity contribution < 1.29 is 19.4 Å². The van der Waals surface area contributed by atoms with E-state index in [1.165, 1.54) is 6.07 Å². The molecule has 136 valence electrons. The number of amides is 2. The molecule has 1 aliphatic rings. The molecule has 6 heteroatoms. The molecule has 0 spiro atoms. The summed E-state index contributed by atoms with van der Waals surface area (Å²) in [5, 5.41) is 12.7. The third-order valence-corrected chi connectivity index (χ3v) is 4.58. The van der Waals surface area contributed by atoms with Crippen LogP contribution in [-0.4, -0.2) is 48.1 Å². The first-order chi connectivity index (χ1) is 12.6. The van der Waals surface area contributed by atoms with E-state index in [1.807, 2.05) is 0 Å². The molecule has 0 aromatic heterocycles. The van der Waals surface area contributed by atoms with Gasteiger partial charge in [-0.05, 0) is 43.2 Å². The molecule has 1 saturated heterocycles. The molecule has 0 aliphatic carbocycles. The van der Waals surface area contributed by atoms with Gasteiger partial charge in [-0.15, -0.1) is 0 Å². The number of phenols is 1. The SMILES string of the molecule is COc1cccc(C(=O)N2CCC(NC(=O)c3ccccc3O)CC2)c1. The van der Waals surface area contributed by atoms with Crippen LogP contribution in [0.25, 0.3) is 0 Å². The molecule has 1 heterocycles. The number of benzene rings is 2. The minimum Gasteiger partial charge on any atom is -0.507 e. The number of phenolic OH excluding ortho intramolecular Hbond substituents is 1. The van der Waals surface area contributed by atoms with Crippen LogP contribution in [0.2, 0.25) is 0 Å². The zero-order valence-corrected chi connectivity index (χ0v) is 14.6. The van der Waals surface area contributed by atoms with Crippen molar-refractivity contribution in [2.24, 2.45) is 0 Å². The summed E-state index contributed by atoms with van der Waals surface area (Å²) >= 11 is 0. The van der Waals surface area contributed by atoms with Gasteiger partial charge in [0, 0.05) is 24.7 Å². The van der Waals surface area contributed by atoms with Crippen molar-refractivity contribution in [1.82, 2.24) is 10.2 Å². The summed E-state index contributed by atoms with van der Waals surface area (Å²) in [5.41, 5.74) is 0.864. The molecule has 2 N–H and O–H groups in total. The predicted octanol–water partition coefficient (Wildman–Crippen LogP) is 2.44. The first-order valence-corrected chi connectivity index (χ1v) is 8.60. The number of carbonyl (C=O) groups excluding carboxylic acids is 2. The molecule has 0 bridgehead atoms. The Kier molecular flexibility index (Phi) is 5.41. The summed E-state index contributed by atoms with van der Waals surface area (Å²) in [6.45, 7) is 1.14. The second-order valence-corrected chi connectivity index (χ2v) is 6.29. The molecule has 2 aromatic carbocycles. The maximum Gasteiger partial charge on any atom is 0.255 e. The van der Waals surface area contributed by atoms with Crippen LogP contribution >= 0.6 is 0 Å². The van der Waals surface area contributed by atoms with Crippen molar-refractivity contribution in [3.63, 3.8) is 0 Å². The number of piperidine rings is 1. The molecule has 1 aliphatic heterocycles. The Morgan fingerprint density at radius 2 is 1.85 bits per heavy atom. The number of ether oxygens (including phenoxy) is 1. The van der Waals surface area contributed by atoms with Crippen molar-refractivity contribution >= 4 is 11.8 Å². The third-order valence-electron chi connectivity index (χ3n) is 4.58. The summed E-state index contributed by atoms with van der Waals surface area (Å²) in [6, 6.07) is 13.6. The number of hydrogen-bond donors (Lipinski definition) is 2. The molecule has 3 rings (SSSR count). The number of nitrogens with one attached hydrogen (secondary N) is 1. The largest absolute Gasteiger partial charge is 0.507 e. The molecule has 1 fully saturated rings. The molecule has 0 unspecified atom stereocenters. The molecule has 2 aromatic rings. The van der Waals surface area contributed by atoms with Crippen molar-refractivity contribution in [1.29, 1.82) is 0 Å². The second kappa shape index (κ2) is 7.91. The van der Waals surface area contributed by atoms with E-state index in [0.29, 0.717) is 37.2 Å². The maximum atomic E-state index is 12.6. The number of nitrogens with zero attached hydrogens (tertiary/aromatic N) is 1. The highest BCUT2D eigenvalue weighted by Crippen LogP contribution is 2.19. The van der Waals surface area contributed by atoms with Crippen LogP contribution in [0, 0.1) is 0 Å². The monoisotopic (exact) mass is 354 g/mol. The number of aromatic hydroxyl groups is 1. The lowest BCUT2D eigenvalue weighted by Crippen LogP contribution is -2.46. The molecular weight excluding hydrogens is 332 g/mol. The molecule has 2 amide bonds. The molecule has 6 nitrogen and oxygen atoms in total. The van der Waals surface area contributed by atoms with Crippen molar-refractivity contribution in [2.75, 3.05) is 20.2 Å². The van der Waals surface area contributed by atoms with Crippen LogP contribution in [0.15, 0.2) is 48.5 Å². The van der Waals surface area contributed by atoms with Gasteiger partial charge in [0.2, 0.25) is 0 Å². The lowest BCUT2D eigenvalue weighted by Gasteiger charge is -2.32. The average molecular weight is 354 g/mol. The van der Waals surface area contributed by atoms with Crippen LogP contribution < -0.4 is 10.1 Å². The maximum absolute atomic E-state index is 12.6. The highest BCUT2D eigenvalue weighted by Gasteiger charge is 2.25. The van der Waals surface area contributed by atoms with Gasteiger partial charge >= 0.3 is 0 Å². The zero-order valence-electron chi connectivity index (χ0n) is 14.6. The van der Waals surface area contributed by atoms with Crippen molar-refractivity contribution in [2.45, 2.75) is 18.9 Å². The van der Waals surface area contributed by atoms with E-state index in [9.17, 15) is 14.7 Å². The minimum absolute atomic E-state index is 0.0172. The van der Waals surface area contributed by atoms with Gasteiger partial charge in [0.05, 0.1) is 12.7 Å². The van der Waals surface area contributed by atoms with E-state index in [1.54, 1.807) is 54.5 Å². The fourth-order valence-electron chi connectivity index (χ4n) is 3.09. The number of para-hydroxylation sites is 1. The zero-order chi connectivity index (χ0) is 18.5. The molecule has 0 radical (unpaired) electrons. The second-order valence-electron chi connectivity index (χ2n) is 6.29. The normalized spacial score (nSPS) is 14.7. The van der Waals surface area contributed by atoms with Crippen LogP contribution in [0.5, 0.6) is 11.5 Å². The van der Waals surface area contributed by atoms with E-state index in [4.69, 9.17) is 4.74 Å². The first kappa shape index (κ1) is 17.8. The van der Waals surface area contributed by atoms with E-state index in [-0.39, 0.29) is 29.2 Å². The van der Waals surface area contributed by atoms with Crippen molar-refractivity contribution in [3.8, 4) is 11.5 Å². The predicted molar refractivity (Wildman–Crippen MR) is 97.5 cm³/mol. The van der Waals surface area contributed by atoms with Gasteiger partial charge in [-0.2, -0.15) is 0 Å². The fraction of sp³-hybridized carbons (Fsp3) is 0.300. The number of carbonyl (C=O) groups is 2.